The third-order valence-corrected chi connectivity index (χ3v) is 3.31. The zero-order chi connectivity index (χ0) is 11.0. The van der Waals surface area contributed by atoms with Crippen LogP contribution < -0.4 is 0 Å². The van der Waals surface area contributed by atoms with Crippen LogP contribution in [0.5, 0.6) is 0 Å². The van der Waals surface area contributed by atoms with Gasteiger partial charge in [-0.2, -0.15) is 0 Å². The van der Waals surface area contributed by atoms with E-state index in [9.17, 15) is 25.9 Å². The Morgan fingerprint density at radius 3 is 1.27 bits per heavy atom. The first kappa shape index (κ1) is 15.5. The van der Waals surface area contributed by atoms with Gasteiger partial charge in [0, 0.05) is 0 Å². The topological polar surface area (TPSA) is 114 Å². The molecule has 1 aromatic carbocycles. The third-order valence-electron chi connectivity index (χ3n) is 1.39. The molecule has 0 saturated heterocycles. The zero-order valence-corrected chi connectivity index (χ0v) is 12.4. The fourth-order valence-electron chi connectivity index (χ4n) is 0.863. The predicted molar refractivity (Wildman–Crippen MR) is 48.1 cm³/mol. The van der Waals surface area contributed by atoms with Crippen molar-refractivity contribution in [2.45, 2.75) is 9.79 Å². The van der Waals surface area contributed by atoms with Gasteiger partial charge in [-0.15, -0.1) is 0 Å². The van der Waals surface area contributed by atoms with Crippen molar-refractivity contribution < 1.29 is 25.9 Å². The Labute approximate surface area is 124 Å². The van der Waals surface area contributed by atoms with E-state index in [1.165, 1.54) is 0 Å². The number of hydrogen-bond acceptors (Lipinski definition) is 6. The van der Waals surface area contributed by atoms with Gasteiger partial charge in [-0.1, -0.05) is 12.1 Å². The van der Waals surface area contributed by atoms with E-state index in [0.717, 1.165) is 24.3 Å². The molecule has 0 fully saturated rings. The van der Waals surface area contributed by atoms with E-state index in [-0.39, 0.29) is 45.5 Å². The van der Waals surface area contributed by atoms with Gasteiger partial charge in [0.2, 0.25) is 0 Å². The fraction of sp³-hybridized carbons (Fsp3) is 0. The van der Waals surface area contributed by atoms with Crippen molar-refractivity contribution in [1.29, 1.82) is 0 Å². The molecule has 0 N–H and O–H groups in total. The molecule has 6 nitrogen and oxygen atoms in total. The van der Waals surface area contributed by atoms with Crippen LogP contribution in [0.4, 0.5) is 0 Å². The Kier molecular flexibility index (Phi) is 5.42. The Bertz CT molecular complexity index is 496. The van der Waals surface area contributed by atoms with E-state index in [0.29, 0.717) is 0 Å². The van der Waals surface area contributed by atoms with Gasteiger partial charge in [0.15, 0.2) is 0 Å². The van der Waals surface area contributed by atoms with Crippen LogP contribution in [0.15, 0.2) is 34.1 Å². The second-order valence-electron chi connectivity index (χ2n) is 2.35. The van der Waals surface area contributed by atoms with Crippen molar-refractivity contribution in [3.63, 3.8) is 0 Å². The van der Waals surface area contributed by atoms with Crippen LogP contribution in [-0.4, -0.2) is 71.4 Å². The van der Waals surface area contributed by atoms with E-state index in [4.69, 9.17) is 0 Å². The van der Waals surface area contributed by atoms with Crippen LogP contribution >= 0.6 is 0 Å². The molecular formula is C6H4O6S2Sr. The predicted octanol–water partition coefficient (Wildman–Crippen LogP) is -0.886. The molecule has 0 aliphatic rings. The van der Waals surface area contributed by atoms with Gasteiger partial charge in [-0.25, -0.2) is 16.8 Å². The van der Waals surface area contributed by atoms with Crippen molar-refractivity contribution in [2.24, 2.45) is 0 Å². The van der Waals surface area contributed by atoms with E-state index in [1.807, 2.05) is 0 Å². The van der Waals surface area contributed by atoms with E-state index >= 15 is 0 Å². The molecule has 0 aliphatic heterocycles. The molecule has 0 aliphatic carbocycles. The van der Waals surface area contributed by atoms with Crippen molar-refractivity contribution in [3.05, 3.63) is 24.3 Å². The van der Waals surface area contributed by atoms with Crippen molar-refractivity contribution in [1.82, 2.24) is 0 Å². The van der Waals surface area contributed by atoms with Gasteiger partial charge < -0.3 is 9.11 Å². The quantitative estimate of drug-likeness (QED) is 0.515. The molecule has 1 rings (SSSR count). The van der Waals surface area contributed by atoms with Crippen molar-refractivity contribution in [3.8, 4) is 0 Å². The summed E-state index contributed by atoms with van der Waals surface area (Å²) in [7, 11) is -9.89. The first-order valence-corrected chi connectivity index (χ1v) is 6.05. The average molecular weight is 324 g/mol. The van der Waals surface area contributed by atoms with E-state index in [2.05, 4.69) is 0 Å². The summed E-state index contributed by atoms with van der Waals surface area (Å²) in [6.07, 6.45) is 0. The first-order valence-electron chi connectivity index (χ1n) is 3.24. The minimum Gasteiger partial charge on any atom is -0.744 e. The zero-order valence-electron chi connectivity index (χ0n) is 7.28. The minimum atomic E-state index is -4.95. The molecule has 9 heteroatoms. The monoisotopic (exact) mass is 324 g/mol. The van der Waals surface area contributed by atoms with Gasteiger partial charge in [0.25, 0.3) is 0 Å². The Morgan fingerprint density at radius 2 is 1.07 bits per heavy atom. The van der Waals surface area contributed by atoms with Crippen LogP contribution in [0.2, 0.25) is 0 Å². The summed E-state index contributed by atoms with van der Waals surface area (Å²) in [5.74, 6) is 0. The Morgan fingerprint density at radius 1 is 0.800 bits per heavy atom. The van der Waals surface area contributed by atoms with Crippen LogP contribution in [0.25, 0.3) is 0 Å². The number of benzene rings is 1. The number of hydrogen-bond donors (Lipinski definition) is 0. The summed E-state index contributed by atoms with van der Waals surface area (Å²) in [6, 6.07) is 3.85. The summed E-state index contributed by atoms with van der Waals surface area (Å²) < 4.78 is 63.2. The van der Waals surface area contributed by atoms with Gasteiger partial charge in [0.05, 0.1) is 9.79 Å². The smallest absolute Gasteiger partial charge is 0.744 e. The minimum absolute atomic E-state index is 0. The molecule has 0 amide bonds. The van der Waals surface area contributed by atoms with Crippen LogP contribution in [0.1, 0.15) is 0 Å². The summed E-state index contributed by atoms with van der Waals surface area (Å²) in [5, 5.41) is 0. The summed E-state index contributed by atoms with van der Waals surface area (Å²) >= 11 is 0. The fourth-order valence-corrected chi connectivity index (χ4v) is 2.59. The van der Waals surface area contributed by atoms with Crippen LogP contribution in [0, 0.1) is 0 Å². The average Bonchev–Trinajstić information content (AvgIpc) is 2.01. The molecule has 15 heavy (non-hydrogen) atoms. The molecule has 0 bridgehead atoms. The maximum absolute atomic E-state index is 10.5. The SMILES string of the molecule is O=S(=O)([O-])c1ccccc1S(=O)(=O)[O-].[Sr+2]. The molecule has 0 heterocycles. The molecule has 0 radical (unpaired) electrons. The Hall–Kier alpha value is 0.521. The summed E-state index contributed by atoms with van der Waals surface area (Å²) in [4.78, 5) is -2.04. The van der Waals surface area contributed by atoms with Crippen LogP contribution in [0.3, 0.4) is 0 Å². The van der Waals surface area contributed by atoms with Crippen molar-refractivity contribution in [2.75, 3.05) is 0 Å². The van der Waals surface area contributed by atoms with E-state index in [1.54, 1.807) is 0 Å². The van der Waals surface area contributed by atoms with Gasteiger partial charge in [-0.05, 0) is 12.1 Å². The van der Waals surface area contributed by atoms with Crippen LogP contribution in [-0.2, 0) is 20.2 Å². The van der Waals surface area contributed by atoms with Gasteiger partial charge in [0.1, 0.15) is 20.2 Å². The summed E-state index contributed by atoms with van der Waals surface area (Å²) in [5.41, 5.74) is 0. The Balaban J connectivity index is 0.00000196. The second-order valence-corrected chi connectivity index (χ2v) is 5.05. The molecule has 78 valence electrons. The standard InChI is InChI=1S/C6H6O6S2.Sr/c7-13(8,9)5-3-1-2-4-6(5)14(10,11)12;/h1-4H,(H,7,8,9)(H,10,11,12);/q;+2/p-2. The first-order chi connectivity index (χ1) is 6.23. The largest absolute Gasteiger partial charge is 2.00 e. The molecule has 0 aromatic heterocycles. The van der Waals surface area contributed by atoms with Crippen molar-refractivity contribution >= 4 is 65.7 Å². The molecule has 0 spiro atoms. The summed E-state index contributed by atoms with van der Waals surface area (Å²) in [6.45, 7) is 0. The normalized spacial score (nSPS) is 11.9. The van der Waals surface area contributed by atoms with E-state index < -0.39 is 30.0 Å². The molecule has 0 saturated carbocycles. The molecular weight excluding hydrogens is 320 g/mol. The molecule has 0 unspecified atom stereocenters. The maximum atomic E-state index is 10.5. The third kappa shape index (κ3) is 4.11. The maximum Gasteiger partial charge on any atom is 2.00 e. The van der Waals surface area contributed by atoms with Gasteiger partial charge in [-0.3, -0.25) is 0 Å². The number of rotatable bonds is 2. The molecule has 0 atom stereocenters. The van der Waals surface area contributed by atoms with Gasteiger partial charge >= 0.3 is 45.5 Å². The second kappa shape index (κ2) is 5.23. The molecule has 1 aromatic rings.